The number of carbonyl (C=O) groups is 3. The van der Waals surface area contributed by atoms with Crippen LogP contribution < -0.4 is 15.8 Å². The van der Waals surface area contributed by atoms with E-state index in [0.29, 0.717) is 0 Å². The van der Waals surface area contributed by atoms with Crippen molar-refractivity contribution in [1.29, 1.82) is 0 Å². The number of carboxylic acid groups (broad SMARTS) is 1. The maximum Gasteiger partial charge on any atom is 0.451 e. The van der Waals surface area contributed by atoms with Gasteiger partial charge in [-0.25, -0.2) is 4.79 Å². The van der Waals surface area contributed by atoms with Gasteiger partial charge in [0.15, 0.2) is 0 Å². The van der Waals surface area contributed by atoms with Crippen molar-refractivity contribution in [2.75, 3.05) is 20.1 Å². The molecule has 0 aliphatic carbocycles. The molecule has 1 atom stereocenters. The number of primary amides is 1. The number of amides is 2. The van der Waals surface area contributed by atoms with E-state index in [-0.39, 0.29) is 49.5 Å². The Morgan fingerprint density at radius 1 is 1.34 bits per heavy atom. The Hall–Kier alpha value is -2.83. The van der Waals surface area contributed by atoms with Crippen molar-refractivity contribution in [1.82, 2.24) is 10.2 Å². The van der Waals surface area contributed by atoms with Gasteiger partial charge in [-0.1, -0.05) is 6.07 Å². The lowest BCUT2D eigenvalue weighted by Gasteiger charge is -2.40. The minimum Gasteiger partial charge on any atom is -0.507 e. The third-order valence-electron chi connectivity index (χ3n) is 4.61. The third kappa shape index (κ3) is 5.59. The molecular formula is C17H24BN3O8. The van der Waals surface area contributed by atoms with Crippen molar-refractivity contribution >= 4 is 24.9 Å². The van der Waals surface area contributed by atoms with Crippen LogP contribution in [0.25, 0.3) is 0 Å². The van der Waals surface area contributed by atoms with Gasteiger partial charge < -0.3 is 40.9 Å². The van der Waals surface area contributed by atoms with E-state index in [0.717, 1.165) is 0 Å². The Morgan fingerprint density at radius 3 is 2.52 bits per heavy atom. The summed E-state index contributed by atoms with van der Waals surface area (Å²) in [6.45, 7) is 0.377. The third-order valence-corrected chi connectivity index (χ3v) is 4.61. The smallest absolute Gasteiger partial charge is 0.451 e. The van der Waals surface area contributed by atoms with Crippen molar-refractivity contribution < 1.29 is 39.4 Å². The standard InChI is InChI=1S/C17H24BN3O8/c1-20-11(6-13(19)22)16(24)21-7-10(8-21)29-12-3-2-9(4-5-18(27)28)15(23)14(12)17(25)26/h2-3,10-11,20,23,27-28H,4-8H2,1H3,(H2,19,22)(H,25,26). The number of carboxylic acids is 1. The second-order valence-corrected chi connectivity index (χ2v) is 6.77. The molecule has 0 spiro atoms. The number of aromatic hydroxyl groups is 1. The first-order chi connectivity index (χ1) is 13.6. The number of ether oxygens (including phenoxy) is 1. The zero-order chi connectivity index (χ0) is 21.7. The highest BCUT2D eigenvalue weighted by atomic mass is 16.5. The number of benzene rings is 1. The first kappa shape index (κ1) is 22.5. The molecule has 0 saturated carbocycles. The van der Waals surface area contributed by atoms with Gasteiger partial charge in [-0.3, -0.25) is 9.59 Å². The predicted molar refractivity (Wildman–Crippen MR) is 101 cm³/mol. The largest absolute Gasteiger partial charge is 0.507 e. The lowest BCUT2D eigenvalue weighted by Crippen LogP contribution is -2.60. The Balaban J connectivity index is 2.04. The van der Waals surface area contributed by atoms with Crippen LogP contribution in [0.1, 0.15) is 22.3 Å². The minimum absolute atomic E-state index is 0.0531. The molecule has 11 nitrogen and oxygen atoms in total. The second-order valence-electron chi connectivity index (χ2n) is 6.77. The van der Waals surface area contributed by atoms with Crippen molar-refractivity contribution in [3.8, 4) is 11.5 Å². The summed E-state index contributed by atoms with van der Waals surface area (Å²) in [4.78, 5) is 36.4. The summed E-state index contributed by atoms with van der Waals surface area (Å²) in [5.74, 6) is -2.87. The van der Waals surface area contributed by atoms with Crippen LogP contribution in [0.4, 0.5) is 0 Å². The van der Waals surface area contributed by atoms with Crippen LogP contribution in [-0.2, 0) is 16.0 Å². The fourth-order valence-electron chi connectivity index (χ4n) is 3.01. The van der Waals surface area contributed by atoms with E-state index in [2.05, 4.69) is 5.32 Å². The summed E-state index contributed by atoms with van der Waals surface area (Å²) >= 11 is 0. The molecule has 1 aliphatic heterocycles. The summed E-state index contributed by atoms with van der Waals surface area (Å²) in [7, 11) is -0.0356. The number of hydrogen-bond acceptors (Lipinski definition) is 8. The van der Waals surface area contributed by atoms with Crippen molar-refractivity contribution in [3.63, 3.8) is 0 Å². The Bertz CT molecular complexity index is 782. The fraction of sp³-hybridized carbons (Fsp3) is 0.471. The van der Waals surface area contributed by atoms with Gasteiger partial charge in [0.2, 0.25) is 11.8 Å². The van der Waals surface area contributed by atoms with E-state index in [1.165, 1.54) is 17.0 Å². The summed E-state index contributed by atoms with van der Waals surface area (Å²) in [5, 5.41) is 40.3. The number of hydrogen-bond donors (Lipinski definition) is 6. The van der Waals surface area contributed by atoms with Crippen LogP contribution in [0.5, 0.6) is 11.5 Å². The van der Waals surface area contributed by atoms with Crippen LogP contribution in [-0.4, -0.2) is 82.3 Å². The Labute approximate surface area is 167 Å². The Morgan fingerprint density at radius 2 is 2.00 bits per heavy atom. The number of likely N-dealkylation sites (tertiary alicyclic amines) is 1. The minimum atomic E-state index is -1.58. The summed E-state index contributed by atoms with van der Waals surface area (Å²) in [5.41, 5.74) is 4.94. The highest BCUT2D eigenvalue weighted by Crippen LogP contribution is 2.34. The molecule has 7 N–H and O–H groups in total. The van der Waals surface area contributed by atoms with Crippen molar-refractivity contribution in [2.24, 2.45) is 5.73 Å². The van der Waals surface area contributed by atoms with Gasteiger partial charge in [0.1, 0.15) is 23.2 Å². The molecule has 0 bridgehead atoms. The van der Waals surface area contributed by atoms with Crippen LogP contribution in [0.2, 0.25) is 6.32 Å². The molecule has 12 heteroatoms. The van der Waals surface area contributed by atoms with Gasteiger partial charge >= 0.3 is 13.1 Å². The van der Waals surface area contributed by atoms with Crippen LogP contribution in [0.15, 0.2) is 12.1 Å². The van der Waals surface area contributed by atoms with Crippen molar-refractivity contribution in [2.45, 2.75) is 31.3 Å². The Kier molecular flexibility index (Phi) is 7.43. The number of aryl methyl sites for hydroxylation is 1. The normalized spacial score (nSPS) is 14.8. The molecule has 1 saturated heterocycles. The average Bonchev–Trinajstić information content (AvgIpc) is 2.60. The molecule has 1 aromatic carbocycles. The molecule has 1 aromatic rings. The molecular weight excluding hydrogens is 385 g/mol. The lowest BCUT2D eigenvalue weighted by atomic mass is 9.82. The lowest BCUT2D eigenvalue weighted by molar-refractivity contribution is -0.143. The summed E-state index contributed by atoms with van der Waals surface area (Å²) in [6.07, 6.45) is -0.614. The molecule has 0 aromatic heterocycles. The molecule has 1 heterocycles. The van der Waals surface area contributed by atoms with Gasteiger partial charge in [-0.05, 0) is 31.4 Å². The fourth-order valence-corrected chi connectivity index (χ4v) is 3.01. The molecule has 0 radical (unpaired) electrons. The maximum atomic E-state index is 12.3. The van der Waals surface area contributed by atoms with Crippen molar-refractivity contribution in [3.05, 3.63) is 23.3 Å². The number of phenols is 1. The number of nitrogens with zero attached hydrogens (tertiary/aromatic N) is 1. The van der Waals surface area contributed by atoms with Gasteiger partial charge in [0.05, 0.1) is 25.6 Å². The number of aromatic carboxylic acids is 1. The highest BCUT2D eigenvalue weighted by Gasteiger charge is 2.36. The quantitative estimate of drug-likeness (QED) is 0.242. The monoisotopic (exact) mass is 409 g/mol. The zero-order valence-corrected chi connectivity index (χ0v) is 15.9. The first-order valence-electron chi connectivity index (χ1n) is 8.99. The molecule has 1 fully saturated rings. The van der Waals surface area contributed by atoms with E-state index in [4.69, 9.17) is 20.5 Å². The van der Waals surface area contributed by atoms with E-state index >= 15 is 0 Å². The van der Waals surface area contributed by atoms with Crippen LogP contribution in [0.3, 0.4) is 0 Å². The van der Waals surface area contributed by atoms with Gasteiger partial charge in [0.25, 0.3) is 0 Å². The van der Waals surface area contributed by atoms with E-state index in [1.54, 1.807) is 7.05 Å². The average molecular weight is 409 g/mol. The molecule has 29 heavy (non-hydrogen) atoms. The summed E-state index contributed by atoms with van der Waals surface area (Å²) < 4.78 is 5.63. The number of nitrogens with two attached hydrogens (primary N) is 1. The van der Waals surface area contributed by atoms with Gasteiger partial charge in [-0.2, -0.15) is 0 Å². The number of likely N-dealkylation sites (N-methyl/N-ethyl adjacent to an activating group) is 1. The number of rotatable bonds is 10. The van der Waals surface area contributed by atoms with Gasteiger partial charge in [-0.15, -0.1) is 0 Å². The van der Waals surface area contributed by atoms with E-state index in [9.17, 15) is 24.6 Å². The molecule has 158 valence electrons. The molecule has 2 amide bonds. The van der Waals surface area contributed by atoms with Crippen LogP contribution >= 0.6 is 0 Å². The van der Waals surface area contributed by atoms with E-state index < -0.39 is 42.5 Å². The van der Waals surface area contributed by atoms with E-state index in [1.807, 2.05) is 0 Å². The molecule has 2 rings (SSSR count). The molecule has 1 aliphatic rings. The first-order valence-corrected chi connectivity index (χ1v) is 8.99. The van der Waals surface area contributed by atoms with Gasteiger partial charge in [0, 0.05) is 0 Å². The highest BCUT2D eigenvalue weighted by molar-refractivity contribution is 6.41. The number of nitrogens with one attached hydrogen (secondary N) is 1. The summed E-state index contributed by atoms with van der Waals surface area (Å²) in [6, 6.07) is 2.09. The predicted octanol–water partition coefficient (Wildman–Crippen LogP) is -1.84. The zero-order valence-electron chi connectivity index (χ0n) is 15.9. The number of carbonyl (C=O) groups excluding carboxylic acids is 2. The van der Waals surface area contributed by atoms with Crippen LogP contribution in [0, 0.1) is 0 Å². The SMILES string of the molecule is CNC(CC(N)=O)C(=O)N1CC(Oc2ccc(CCB(O)O)c(O)c2C(=O)O)C1. The molecule has 1 unspecified atom stereocenters. The maximum absolute atomic E-state index is 12.3. The topological polar surface area (TPSA) is 183 Å². The second kappa shape index (κ2) is 9.59.